The van der Waals surface area contributed by atoms with Crippen LogP contribution in [0.1, 0.15) is 30.4 Å². The Morgan fingerprint density at radius 1 is 1.03 bits per heavy atom. The average Bonchev–Trinajstić information content (AvgIpc) is 3.45. The van der Waals surface area contributed by atoms with Crippen LogP contribution in [0.15, 0.2) is 48.8 Å². The van der Waals surface area contributed by atoms with Crippen molar-refractivity contribution in [3.63, 3.8) is 0 Å². The van der Waals surface area contributed by atoms with E-state index in [2.05, 4.69) is 15.6 Å². The molecule has 1 saturated carbocycles. The third-order valence-electron chi connectivity index (χ3n) is 5.24. The highest BCUT2D eigenvalue weighted by Crippen LogP contribution is 2.22. The Morgan fingerprint density at radius 2 is 1.76 bits per heavy atom. The number of likely N-dealkylation sites (tertiary alicyclic amines) is 1. The Morgan fingerprint density at radius 3 is 2.45 bits per heavy atom. The highest BCUT2D eigenvalue weighted by atomic mass is 16.2. The first-order chi connectivity index (χ1) is 14.1. The van der Waals surface area contributed by atoms with E-state index in [-0.39, 0.29) is 30.1 Å². The van der Waals surface area contributed by atoms with Gasteiger partial charge in [-0.15, -0.1) is 0 Å². The Hall–Kier alpha value is -3.22. The average molecular weight is 392 g/mol. The number of benzene rings is 1. The van der Waals surface area contributed by atoms with Crippen molar-refractivity contribution in [2.75, 3.05) is 11.9 Å². The van der Waals surface area contributed by atoms with Gasteiger partial charge in [0.05, 0.1) is 12.3 Å². The number of hydrogen-bond acceptors (Lipinski definition) is 4. The van der Waals surface area contributed by atoms with Crippen LogP contribution in [-0.4, -0.2) is 40.2 Å². The molecule has 2 heterocycles. The predicted molar refractivity (Wildman–Crippen MR) is 108 cm³/mol. The number of nitrogens with one attached hydrogen (secondary N) is 2. The van der Waals surface area contributed by atoms with Crippen LogP contribution in [0.2, 0.25) is 0 Å². The molecule has 2 aliphatic rings. The van der Waals surface area contributed by atoms with Gasteiger partial charge in [-0.3, -0.25) is 19.4 Å². The normalized spacial score (nSPS) is 18.6. The molecule has 1 unspecified atom stereocenters. The summed E-state index contributed by atoms with van der Waals surface area (Å²) in [4.78, 5) is 42.4. The first kappa shape index (κ1) is 19.1. The number of aromatic nitrogens is 1. The number of nitrogens with zero attached hydrogens (tertiary/aromatic N) is 2. The van der Waals surface area contributed by atoms with E-state index in [1.807, 2.05) is 24.3 Å². The van der Waals surface area contributed by atoms with Crippen molar-refractivity contribution in [1.82, 2.24) is 15.2 Å². The van der Waals surface area contributed by atoms with Crippen molar-refractivity contribution in [1.29, 1.82) is 0 Å². The molecule has 1 saturated heterocycles. The number of rotatable bonds is 7. The van der Waals surface area contributed by atoms with E-state index >= 15 is 0 Å². The molecular formula is C22H24N4O3. The van der Waals surface area contributed by atoms with Crippen molar-refractivity contribution in [2.24, 2.45) is 5.92 Å². The number of pyridine rings is 1. The van der Waals surface area contributed by atoms with Gasteiger partial charge in [0.2, 0.25) is 17.7 Å². The zero-order valence-electron chi connectivity index (χ0n) is 16.1. The van der Waals surface area contributed by atoms with Crippen LogP contribution in [0.4, 0.5) is 5.69 Å². The minimum atomic E-state index is -0.367. The molecule has 29 heavy (non-hydrogen) atoms. The summed E-state index contributed by atoms with van der Waals surface area (Å²) in [6.45, 7) is 0.898. The molecule has 0 bridgehead atoms. The molecule has 7 heteroatoms. The van der Waals surface area contributed by atoms with E-state index in [4.69, 9.17) is 0 Å². The summed E-state index contributed by atoms with van der Waals surface area (Å²) in [6, 6.07) is 11.4. The maximum Gasteiger partial charge on any atom is 0.229 e. The Labute approximate surface area is 169 Å². The van der Waals surface area contributed by atoms with Gasteiger partial charge in [-0.05, 0) is 48.2 Å². The van der Waals surface area contributed by atoms with E-state index in [9.17, 15) is 14.4 Å². The quantitative estimate of drug-likeness (QED) is 0.753. The van der Waals surface area contributed by atoms with Crippen LogP contribution in [-0.2, 0) is 27.3 Å². The summed E-state index contributed by atoms with van der Waals surface area (Å²) in [7, 11) is 0. The van der Waals surface area contributed by atoms with Crippen LogP contribution in [0, 0.1) is 5.92 Å². The molecule has 0 spiro atoms. The largest absolute Gasteiger partial charge is 0.353 e. The maximum absolute atomic E-state index is 12.6. The lowest BCUT2D eigenvalue weighted by Gasteiger charge is -2.16. The molecule has 2 N–H and O–H groups in total. The van der Waals surface area contributed by atoms with Gasteiger partial charge < -0.3 is 15.5 Å². The second-order valence-corrected chi connectivity index (χ2v) is 7.74. The maximum atomic E-state index is 12.6. The standard InChI is InChI=1S/C22H24N4O3/c27-20(24-18-5-6-18)11-15-1-3-19(4-2-15)25-22(29)17-12-21(28)26(14-17)13-16-7-9-23-10-8-16/h1-4,7-10,17-18H,5-6,11-14H2,(H,24,27)(H,25,29). The summed E-state index contributed by atoms with van der Waals surface area (Å²) in [6.07, 6.45) is 6.08. The second kappa shape index (κ2) is 8.43. The predicted octanol–water partition coefficient (Wildman–Crippen LogP) is 1.89. The van der Waals surface area contributed by atoms with Crippen LogP contribution in [0.25, 0.3) is 0 Å². The first-order valence-electron chi connectivity index (χ1n) is 9.92. The van der Waals surface area contributed by atoms with Crippen LogP contribution in [0.5, 0.6) is 0 Å². The lowest BCUT2D eigenvalue weighted by molar-refractivity contribution is -0.128. The Bertz CT molecular complexity index is 894. The van der Waals surface area contributed by atoms with Crippen molar-refractivity contribution in [3.8, 4) is 0 Å². The van der Waals surface area contributed by atoms with Gasteiger partial charge in [0.25, 0.3) is 0 Å². The van der Waals surface area contributed by atoms with E-state index in [0.29, 0.717) is 31.2 Å². The zero-order chi connectivity index (χ0) is 20.2. The third-order valence-corrected chi connectivity index (χ3v) is 5.24. The van der Waals surface area contributed by atoms with E-state index in [1.54, 1.807) is 29.4 Å². The zero-order valence-corrected chi connectivity index (χ0v) is 16.1. The molecular weight excluding hydrogens is 368 g/mol. The molecule has 0 radical (unpaired) electrons. The molecule has 1 atom stereocenters. The number of carbonyl (C=O) groups is 3. The molecule has 7 nitrogen and oxygen atoms in total. The fourth-order valence-corrected chi connectivity index (χ4v) is 3.45. The van der Waals surface area contributed by atoms with Crippen molar-refractivity contribution >= 4 is 23.4 Å². The van der Waals surface area contributed by atoms with Gasteiger partial charge >= 0.3 is 0 Å². The summed E-state index contributed by atoms with van der Waals surface area (Å²) < 4.78 is 0. The second-order valence-electron chi connectivity index (χ2n) is 7.74. The van der Waals surface area contributed by atoms with E-state index in [0.717, 1.165) is 24.0 Å². The van der Waals surface area contributed by atoms with Gasteiger partial charge in [-0.25, -0.2) is 0 Å². The van der Waals surface area contributed by atoms with Crippen LogP contribution in [0.3, 0.4) is 0 Å². The lowest BCUT2D eigenvalue weighted by atomic mass is 10.1. The van der Waals surface area contributed by atoms with Crippen LogP contribution < -0.4 is 10.6 Å². The van der Waals surface area contributed by atoms with Crippen molar-refractivity contribution < 1.29 is 14.4 Å². The number of carbonyl (C=O) groups excluding carboxylic acids is 3. The highest BCUT2D eigenvalue weighted by Gasteiger charge is 2.34. The summed E-state index contributed by atoms with van der Waals surface area (Å²) >= 11 is 0. The molecule has 1 aliphatic carbocycles. The van der Waals surface area contributed by atoms with Crippen molar-refractivity contribution in [2.45, 2.75) is 38.3 Å². The SMILES string of the molecule is O=C(Cc1ccc(NC(=O)C2CC(=O)N(Cc3ccncc3)C2)cc1)NC1CC1. The first-order valence-corrected chi connectivity index (χ1v) is 9.92. The number of hydrogen-bond donors (Lipinski definition) is 2. The molecule has 1 aromatic heterocycles. The monoisotopic (exact) mass is 392 g/mol. The lowest BCUT2D eigenvalue weighted by Crippen LogP contribution is -2.28. The molecule has 1 aromatic carbocycles. The van der Waals surface area contributed by atoms with Gasteiger partial charge in [0.15, 0.2) is 0 Å². The molecule has 2 aromatic rings. The highest BCUT2D eigenvalue weighted by molar-refractivity contribution is 5.97. The number of amides is 3. The van der Waals surface area contributed by atoms with Crippen molar-refractivity contribution in [3.05, 3.63) is 59.9 Å². The van der Waals surface area contributed by atoms with E-state index in [1.165, 1.54) is 0 Å². The van der Waals surface area contributed by atoms with Gasteiger partial charge in [0, 0.05) is 43.6 Å². The topological polar surface area (TPSA) is 91.4 Å². The van der Waals surface area contributed by atoms with Crippen LogP contribution >= 0.6 is 0 Å². The molecule has 150 valence electrons. The Balaban J connectivity index is 1.28. The van der Waals surface area contributed by atoms with Gasteiger partial charge in [0.1, 0.15) is 0 Å². The summed E-state index contributed by atoms with van der Waals surface area (Å²) in [5.74, 6) is -0.509. The fraction of sp³-hybridized carbons (Fsp3) is 0.364. The van der Waals surface area contributed by atoms with Gasteiger partial charge in [-0.1, -0.05) is 12.1 Å². The summed E-state index contributed by atoms with van der Waals surface area (Å²) in [5.41, 5.74) is 2.57. The Kier molecular flexibility index (Phi) is 5.55. The van der Waals surface area contributed by atoms with Gasteiger partial charge in [-0.2, -0.15) is 0 Å². The fourth-order valence-electron chi connectivity index (χ4n) is 3.45. The molecule has 1 aliphatic heterocycles. The summed E-state index contributed by atoms with van der Waals surface area (Å²) in [5, 5.41) is 5.85. The molecule has 4 rings (SSSR count). The molecule has 3 amide bonds. The minimum absolute atomic E-state index is 0.0148. The molecule has 2 fully saturated rings. The van der Waals surface area contributed by atoms with E-state index < -0.39 is 0 Å². The minimum Gasteiger partial charge on any atom is -0.353 e. The number of anilines is 1. The third kappa shape index (κ3) is 5.19. The smallest absolute Gasteiger partial charge is 0.229 e.